The molecule has 144 valence electrons. The van der Waals surface area contributed by atoms with Crippen LogP contribution in [0.4, 0.5) is 8.78 Å². The van der Waals surface area contributed by atoms with Crippen molar-refractivity contribution in [3.63, 3.8) is 0 Å². The number of sulfone groups is 1. The van der Waals surface area contributed by atoms with Gasteiger partial charge in [-0.2, -0.15) is 8.78 Å². The molecule has 2 aromatic rings. The summed E-state index contributed by atoms with van der Waals surface area (Å²) in [5.74, 6) is -4.79. The summed E-state index contributed by atoms with van der Waals surface area (Å²) in [5.41, 5.74) is 1.41. The Hall–Kier alpha value is -2.61. The molecule has 0 aliphatic heterocycles. The fourth-order valence-electron chi connectivity index (χ4n) is 2.31. The number of hydrogen-bond acceptors (Lipinski definition) is 5. The monoisotopic (exact) mass is 396 g/mol. The smallest absolute Gasteiger partial charge is 0.341 e. The second-order valence-corrected chi connectivity index (χ2v) is 7.71. The van der Waals surface area contributed by atoms with Gasteiger partial charge in [0.1, 0.15) is 0 Å². The van der Waals surface area contributed by atoms with Crippen molar-refractivity contribution in [2.75, 3.05) is 0 Å². The number of ether oxygens (including phenoxy) is 1. The average Bonchev–Trinajstić information content (AvgIpc) is 2.67. The number of halogens is 2. The van der Waals surface area contributed by atoms with Gasteiger partial charge >= 0.3 is 11.7 Å². The number of benzene rings is 2. The Morgan fingerprint density at radius 2 is 1.48 bits per heavy atom. The molecule has 0 aliphatic rings. The number of alkyl halides is 2. The molecule has 0 N–H and O–H groups in total. The maximum atomic E-state index is 12.5. The van der Waals surface area contributed by atoms with Crippen molar-refractivity contribution in [1.29, 1.82) is 0 Å². The normalized spacial score (nSPS) is 12.6. The molecule has 0 fully saturated rings. The Labute approximate surface area is 155 Å². The summed E-state index contributed by atoms with van der Waals surface area (Å²) in [7, 11) is -4.74. The Morgan fingerprint density at radius 1 is 0.963 bits per heavy atom. The van der Waals surface area contributed by atoms with Crippen molar-refractivity contribution in [3.05, 3.63) is 65.2 Å². The first kappa shape index (κ1) is 20.7. The van der Waals surface area contributed by atoms with Crippen LogP contribution < -0.4 is 0 Å². The highest BCUT2D eigenvalue weighted by molar-refractivity contribution is 7.91. The van der Waals surface area contributed by atoms with E-state index >= 15 is 0 Å². The molecule has 0 heterocycles. The van der Waals surface area contributed by atoms with E-state index in [1.165, 1.54) is 6.92 Å². The second kappa shape index (κ2) is 8.39. The summed E-state index contributed by atoms with van der Waals surface area (Å²) in [5, 5.41) is 0. The standard InChI is InChI=1S/C19H18F2O5S/c1-3-13-4-6-14(7-5-13)17(22)12(2)26-18(23)15-8-10-16(11-9-15)27(24,25)19(20)21/h4-12,19H,3H2,1-2H3/t12-/m0/s1. The Balaban J connectivity index is 2.08. The molecule has 0 amide bonds. The molecule has 27 heavy (non-hydrogen) atoms. The van der Waals surface area contributed by atoms with E-state index < -0.39 is 32.6 Å². The van der Waals surface area contributed by atoms with Gasteiger partial charge in [-0.05, 0) is 43.2 Å². The van der Waals surface area contributed by atoms with Gasteiger partial charge in [0.2, 0.25) is 15.6 Å². The quantitative estimate of drug-likeness (QED) is 0.527. The Bertz CT molecular complexity index is 920. The molecular formula is C19H18F2O5S. The third-order valence-corrected chi connectivity index (χ3v) is 5.35. The zero-order valence-electron chi connectivity index (χ0n) is 14.7. The predicted octanol–water partition coefficient (Wildman–Crippen LogP) is 3.67. The maximum absolute atomic E-state index is 12.5. The van der Waals surface area contributed by atoms with Gasteiger partial charge in [0.25, 0.3) is 0 Å². The van der Waals surface area contributed by atoms with E-state index in [0.717, 1.165) is 36.2 Å². The molecule has 0 saturated carbocycles. The number of rotatable bonds is 7. The van der Waals surface area contributed by atoms with Crippen LogP contribution in [0.3, 0.4) is 0 Å². The highest BCUT2D eigenvalue weighted by atomic mass is 32.2. The van der Waals surface area contributed by atoms with Crippen LogP contribution >= 0.6 is 0 Å². The van der Waals surface area contributed by atoms with Gasteiger partial charge in [0, 0.05) is 5.56 Å². The van der Waals surface area contributed by atoms with E-state index in [1.807, 2.05) is 19.1 Å². The van der Waals surface area contributed by atoms with Gasteiger partial charge in [-0.15, -0.1) is 0 Å². The van der Waals surface area contributed by atoms with Crippen molar-refractivity contribution in [1.82, 2.24) is 0 Å². The minimum Gasteiger partial charge on any atom is -0.451 e. The Morgan fingerprint density at radius 3 is 1.96 bits per heavy atom. The largest absolute Gasteiger partial charge is 0.451 e. The summed E-state index contributed by atoms with van der Waals surface area (Å²) < 4.78 is 52.9. The van der Waals surface area contributed by atoms with Gasteiger partial charge in [0.15, 0.2) is 6.10 Å². The Kier molecular flexibility index (Phi) is 6.43. The summed E-state index contributed by atoms with van der Waals surface area (Å²) in [4.78, 5) is 23.8. The zero-order valence-corrected chi connectivity index (χ0v) is 15.5. The molecule has 0 aromatic heterocycles. The molecule has 0 radical (unpaired) electrons. The van der Waals surface area contributed by atoms with Crippen molar-refractivity contribution < 1.29 is 31.5 Å². The van der Waals surface area contributed by atoms with Crippen molar-refractivity contribution >= 4 is 21.6 Å². The summed E-state index contributed by atoms with van der Waals surface area (Å²) >= 11 is 0. The maximum Gasteiger partial charge on any atom is 0.341 e. The van der Waals surface area contributed by atoms with Crippen LogP contribution in [0.25, 0.3) is 0 Å². The van der Waals surface area contributed by atoms with Crippen LogP contribution in [-0.2, 0) is 21.0 Å². The van der Waals surface area contributed by atoms with E-state index in [9.17, 15) is 26.8 Å². The van der Waals surface area contributed by atoms with E-state index in [2.05, 4.69) is 0 Å². The first-order valence-corrected chi connectivity index (χ1v) is 9.67. The average molecular weight is 396 g/mol. The number of carbonyl (C=O) groups excluding carboxylic acids is 2. The molecule has 0 saturated heterocycles. The second-order valence-electron chi connectivity index (χ2n) is 5.79. The molecular weight excluding hydrogens is 378 g/mol. The van der Waals surface area contributed by atoms with Crippen molar-refractivity contribution in [3.8, 4) is 0 Å². The third kappa shape index (κ3) is 4.77. The van der Waals surface area contributed by atoms with E-state index in [0.29, 0.717) is 5.56 Å². The zero-order chi connectivity index (χ0) is 20.2. The molecule has 0 spiro atoms. The molecule has 0 unspecified atom stereocenters. The number of esters is 1. The van der Waals surface area contributed by atoms with Crippen molar-refractivity contribution in [2.45, 2.75) is 37.0 Å². The minimum absolute atomic E-state index is 0.0517. The van der Waals surface area contributed by atoms with Gasteiger partial charge in [0.05, 0.1) is 10.5 Å². The van der Waals surface area contributed by atoms with Gasteiger partial charge in [-0.3, -0.25) is 4.79 Å². The lowest BCUT2D eigenvalue weighted by Gasteiger charge is -2.13. The summed E-state index contributed by atoms with van der Waals surface area (Å²) in [6.45, 7) is 3.41. The summed E-state index contributed by atoms with van der Waals surface area (Å²) in [6.07, 6.45) is -0.231. The molecule has 2 aromatic carbocycles. The highest BCUT2D eigenvalue weighted by Gasteiger charge is 2.27. The first-order chi connectivity index (χ1) is 12.7. The van der Waals surface area contributed by atoms with Crippen LogP contribution in [0.5, 0.6) is 0 Å². The first-order valence-electron chi connectivity index (χ1n) is 8.13. The molecule has 0 aliphatic carbocycles. The van der Waals surface area contributed by atoms with Crippen LogP contribution in [0.1, 0.15) is 40.1 Å². The van der Waals surface area contributed by atoms with E-state index in [4.69, 9.17) is 4.74 Å². The lowest BCUT2D eigenvalue weighted by molar-refractivity contribution is 0.0318. The van der Waals surface area contributed by atoms with Crippen molar-refractivity contribution in [2.24, 2.45) is 0 Å². The molecule has 0 bridgehead atoms. The molecule has 2 rings (SSSR count). The van der Waals surface area contributed by atoms with Crippen LogP contribution in [0.15, 0.2) is 53.4 Å². The SMILES string of the molecule is CCc1ccc(C(=O)[C@H](C)OC(=O)c2ccc(S(=O)(=O)C(F)F)cc2)cc1. The number of Topliss-reactive ketones (excluding diaryl/α,β-unsaturated/α-hetero) is 1. The topological polar surface area (TPSA) is 77.5 Å². The highest BCUT2D eigenvalue weighted by Crippen LogP contribution is 2.19. The van der Waals surface area contributed by atoms with Crippen LogP contribution in [0, 0.1) is 0 Å². The predicted molar refractivity (Wildman–Crippen MR) is 94.7 cm³/mol. The lowest BCUT2D eigenvalue weighted by atomic mass is 10.0. The number of aryl methyl sites for hydroxylation is 1. The molecule has 8 heteroatoms. The lowest BCUT2D eigenvalue weighted by Crippen LogP contribution is -2.24. The van der Waals surface area contributed by atoms with Crippen LogP contribution in [-0.4, -0.2) is 32.0 Å². The van der Waals surface area contributed by atoms with Gasteiger partial charge in [-0.25, -0.2) is 13.2 Å². The molecule has 1 atom stereocenters. The van der Waals surface area contributed by atoms with Crippen LogP contribution in [0.2, 0.25) is 0 Å². The number of carbonyl (C=O) groups is 2. The fourth-order valence-corrected chi connectivity index (χ4v) is 3.03. The third-order valence-electron chi connectivity index (χ3n) is 3.95. The van der Waals surface area contributed by atoms with E-state index in [1.54, 1.807) is 12.1 Å². The number of hydrogen-bond donors (Lipinski definition) is 0. The van der Waals surface area contributed by atoms with Gasteiger partial charge in [-0.1, -0.05) is 31.2 Å². The minimum atomic E-state index is -4.74. The number of ketones is 1. The summed E-state index contributed by atoms with van der Waals surface area (Å²) in [6, 6.07) is 10.8. The van der Waals surface area contributed by atoms with E-state index in [-0.39, 0.29) is 11.3 Å². The molecule has 5 nitrogen and oxygen atoms in total. The van der Waals surface area contributed by atoms with Gasteiger partial charge < -0.3 is 4.74 Å². The fraction of sp³-hybridized carbons (Fsp3) is 0.263.